The van der Waals surface area contributed by atoms with Crippen molar-refractivity contribution in [1.82, 2.24) is 4.90 Å². The molecule has 0 spiro atoms. The lowest BCUT2D eigenvalue weighted by molar-refractivity contribution is 0.232. The summed E-state index contributed by atoms with van der Waals surface area (Å²) in [6.45, 7) is 7.19. The van der Waals surface area contributed by atoms with Crippen LogP contribution in [0.15, 0.2) is 80.9 Å². The van der Waals surface area contributed by atoms with Crippen LogP contribution in [0.5, 0.6) is 0 Å². The standard InChI is InChI=1S/C30H28ClFN2O2/c1-18(2)27(34-14-13-33-30(34)21-10-9-19(3)25(32)16-21)29-24(15-20-7-5-4-6-8-20)28(35)23-12-11-22(31)17-26(23)36-29/h4-12,16-18,27H,13-15H2,1-3H3. The Morgan fingerprint density at radius 2 is 1.86 bits per heavy atom. The number of rotatable bonds is 6. The molecular formula is C30H28ClFN2O2. The number of aliphatic imine (C=N–C) groups is 1. The number of hydrogen-bond acceptors (Lipinski definition) is 4. The van der Waals surface area contributed by atoms with Gasteiger partial charge in [0.2, 0.25) is 0 Å². The van der Waals surface area contributed by atoms with Crippen molar-refractivity contribution < 1.29 is 8.81 Å². The zero-order valence-corrected chi connectivity index (χ0v) is 21.3. The Hall–Kier alpha value is -3.44. The third kappa shape index (κ3) is 4.56. The first-order valence-corrected chi connectivity index (χ1v) is 12.6. The van der Waals surface area contributed by atoms with Gasteiger partial charge in [0.05, 0.1) is 18.0 Å². The first-order chi connectivity index (χ1) is 17.3. The highest BCUT2D eigenvalue weighted by molar-refractivity contribution is 6.31. The minimum absolute atomic E-state index is 0.0588. The maximum absolute atomic E-state index is 14.5. The summed E-state index contributed by atoms with van der Waals surface area (Å²) in [5.74, 6) is 1.14. The Labute approximate surface area is 215 Å². The van der Waals surface area contributed by atoms with Gasteiger partial charge in [-0.2, -0.15) is 0 Å². The Balaban J connectivity index is 1.69. The zero-order valence-electron chi connectivity index (χ0n) is 20.6. The zero-order chi connectivity index (χ0) is 25.4. The van der Waals surface area contributed by atoms with Crippen LogP contribution < -0.4 is 5.43 Å². The molecule has 1 unspecified atom stereocenters. The Morgan fingerprint density at radius 1 is 1.08 bits per heavy atom. The van der Waals surface area contributed by atoms with Crippen LogP contribution in [-0.4, -0.2) is 23.8 Å². The van der Waals surface area contributed by atoms with E-state index in [2.05, 4.69) is 18.7 Å². The van der Waals surface area contributed by atoms with Crippen molar-refractivity contribution in [2.75, 3.05) is 13.1 Å². The lowest BCUT2D eigenvalue weighted by Gasteiger charge is -2.34. The summed E-state index contributed by atoms with van der Waals surface area (Å²) in [7, 11) is 0. The molecule has 2 heterocycles. The van der Waals surface area contributed by atoms with Gasteiger partial charge in [-0.25, -0.2) is 4.39 Å². The van der Waals surface area contributed by atoms with Gasteiger partial charge in [0.1, 0.15) is 23.0 Å². The van der Waals surface area contributed by atoms with Crippen LogP contribution in [0.25, 0.3) is 11.0 Å². The second kappa shape index (κ2) is 9.90. The van der Waals surface area contributed by atoms with E-state index in [-0.39, 0.29) is 23.2 Å². The van der Waals surface area contributed by atoms with Gasteiger partial charge in [0, 0.05) is 35.2 Å². The van der Waals surface area contributed by atoms with E-state index in [0.717, 1.165) is 11.1 Å². The number of nitrogens with zero attached hydrogens (tertiary/aromatic N) is 2. The molecule has 184 valence electrons. The van der Waals surface area contributed by atoms with E-state index in [1.807, 2.05) is 36.4 Å². The molecule has 1 aromatic heterocycles. The Kier molecular flexibility index (Phi) is 6.67. The summed E-state index contributed by atoms with van der Waals surface area (Å²) >= 11 is 6.27. The largest absolute Gasteiger partial charge is 0.458 e. The summed E-state index contributed by atoms with van der Waals surface area (Å²) in [5, 5.41) is 1.01. The average Bonchev–Trinajstić information content (AvgIpc) is 3.33. The van der Waals surface area contributed by atoms with Gasteiger partial charge in [-0.05, 0) is 42.2 Å². The molecular weight excluding hydrogens is 475 g/mol. The molecule has 4 nitrogen and oxygen atoms in total. The van der Waals surface area contributed by atoms with Crippen molar-refractivity contribution in [3.8, 4) is 0 Å². The lowest BCUT2D eigenvalue weighted by atomic mass is 9.92. The van der Waals surface area contributed by atoms with Gasteiger partial charge in [0.25, 0.3) is 0 Å². The lowest BCUT2D eigenvalue weighted by Crippen LogP contribution is -2.37. The van der Waals surface area contributed by atoms with Gasteiger partial charge in [-0.15, -0.1) is 0 Å². The molecule has 0 saturated carbocycles. The van der Waals surface area contributed by atoms with Crippen molar-refractivity contribution >= 4 is 28.4 Å². The fourth-order valence-electron chi connectivity index (χ4n) is 4.95. The van der Waals surface area contributed by atoms with Crippen molar-refractivity contribution in [2.24, 2.45) is 10.9 Å². The summed E-state index contributed by atoms with van der Waals surface area (Å²) in [4.78, 5) is 20.7. The highest BCUT2D eigenvalue weighted by Gasteiger charge is 2.34. The Bertz CT molecular complexity index is 1510. The minimum atomic E-state index is -0.273. The highest BCUT2D eigenvalue weighted by atomic mass is 35.5. The molecule has 3 aromatic carbocycles. The number of hydrogen-bond donors (Lipinski definition) is 0. The Morgan fingerprint density at radius 3 is 2.58 bits per heavy atom. The van der Waals surface area contributed by atoms with E-state index >= 15 is 0 Å². The summed E-state index contributed by atoms with van der Waals surface area (Å²) in [5.41, 5.74) is 3.36. The number of aryl methyl sites for hydroxylation is 1. The van der Waals surface area contributed by atoms with Crippen LogP contribution in [0.3, 0.4) is 0 Å². The second-order valence-electron chi connectivity index (χ2n) is 9.63. The van der Waals surface area contributed by atoms with Crippen LogP contribution >= 0.6 is 11.6 Å². The van der Waals surface area contributed by atoms with Gasteiger partial charge >= 0.3 is 0 Å². The first kappa shape index (κ1) is 24.3. The van der Waals surface area contributed by atoms with E-state index in [4.69, 9.17) is 21.0 Å². The molecule has 0 saturated heterocycles. The molecule has 0 N–H and O–H groups in total. The fourth-order valence-corrected chi connectivity index (χ4v) is 5.12. The van der Waals surface area contributed by atoms with Crippen LogP contribution in [0.2, 0.25) is 5.02 Å². The van der Waals surface area contributed by atoms with E-state index in [1.54, 1.807) is 31.2 Å². The van der Waals surface area contributed by atoms with Crippen molar-refractivity contribution in [2.45, 2.75) is 33.2 Å². The van der Waals surface area contributed by atoms with Gasteiger partial charge in [-0.1, -0.05) is 67.9 Å². The van der Waals surface area contributed by atoms with Crippen LogP contribution in [0.4, 0.5) is 4.39 Å². The van der Waals surface area contributed by atoms with Crippen LogP contribution in [-0.2, 0) is 6.42 Å². The monoisotopic (exact) mass is 502 g/mol. The van der Waals surface area contributed by atoms with E-state index < -0.39 is 0 Å². The molecule has 0 radical (unpaired) electrons. The molecule has 1 aliphatic heterocycles. The average molecular weight is 503 g/mol. The van der Waals surface area contributed by atoms with Crippen molar-refractivity contribution in [1.29, 1.82) is 0 Å². The maximum atomic E-state index is 14.5. The second-order valence-corrected chi connectivity index (χ2v) is 10.1. The van der Waals surface area contributed by atoms with Gasteiger partial charge in [0.15, 0.2) is 5.43 Å². The first-order valence-electron chi connectivity index (χ1n) is 12.2. The maximum Gasteiger partial charge on any atom is 0.196 e. The molecule has 0 amide bonds. The topological polar surface area (TPSA) is 45.8 Å². The number of fused-ring (bicyclic) bond motifs is 1. The van der Waals surface area contributed by atoms with Crippen molar-refractivity contribution in [3.05, 3.63) is 116 Å². The predicted octanol–water partition coefficient (Wildman–Crippen LogP) is 6.94. The SMILES string of the molecule is Cc1ccc(C2=NCCN2C(c2oc3cc(Cl)ccc3c(=O)c2Cc2ccccc2)C(C)C)cc1F. The molecule has 0 fully saturated rings. The predicted molar refractivity (Wildman–Crippen MR) is 144 cm³/mol. The number of benzene rings is 3. The molecule has 6 heteroatoms. The summed E-state index contributed by atoms with van der Waals surface area (Å²) in [6.07, 6.45) is 0.444. The summed E-state index contributed by atoms with van der Waals surface area (Å²) in [6, 6.07) is 20.0. The number of halogens is 2. The minimum Gasteiger partial charge on any atom is -0.458 e. The van der Waals surface area contributed by atoms with Gasteiger partial charge in [-0.3, -0.25) is 9.79 Å². The quantitative estimate of drug-likeness (QED) is 0.287. The molecule has 0 bridgehead atoms. The van der Waals surface area contributed by atoms with Crippen LogP contribution in [0.1, 0.15) is 47.9 Å². The smallest absolute Gasteiger partial charge is 0.196 e. The molecule has 36 heavy (non-hydrogen) atoms. The third-order valence-corrected chi connectivity index (χ3v) is 6.98. The molecule has 1 aliphatic rings. The third-order valence-electron chi connectivity index (χ3n) is 6.74. The summed E-state index contributed by atoms with van der Waals surface area (Å²) < 4.78 is 21.0. The molecule has 5 rings (SSSR count). The van der Waals surface area contributed by atoms with E-state index in [0.29, 0.717) is 58.2 Å². The van der Waals surface area contributed by atoms with Crippen LogP contribution in [0, 0.1) is 18.7 Å². The highest BCUT2D eigenvalue weighted by Crippen LogP contribution is 2.36. The van der Waals surface area contributed by atoms with Crippen molar-refractivity contribution in [3.63, 3.8) is 0 Å². The molecule has 4 aromatic rings. The fraction of sp³-hybridized carbons (Fsp3) is 0.267. The molecule has 0 aliphatic carbocycles. The molecule has 1 atom stereocenters. The van der Waals surface area contributed by atoms with E-state index in [1.165, 1.54) is 6.07 Å². The normalized spacial score (nSPS) is 14.5. The van der Waals surface area contributed by atoms with E-state index in [9.17, 15) is 9.18 Å². The van der Waals surface area contributed by atoms with Gasteiger partial charge < -0.3 is 9.32 Å². The number of amidine groups is 1.